The molecular formula is C18H30N2O5S. The Kier molecular flexibility index (Phi) is 7.07. The van der Waals surface area contributed by atoms with Crippen LogP contribution in [0.5, 0.6) is 5.75 Å². The second-order valence-corrected chi connectivity index (χ2v) is 9.43. The molecule has 1 aromatic carbocycles. The first-order valence-electron chi connectivity index (χ1n) is 8.39. The molecule has 0 fully saturated rings. The molecule has 0 aliphatic rings. The monoisotopic (exact) mass is 386 g/mol. The lowest BCUT2D eigenvalue weighted by atomic mass is 10.1. The highest BCUT2D eigenvalue weighted by Gasteiger charge is 2.26. The second-order valence-electron chi connectivity index (χ2n) is 7.42. The van der Waals surface area contributed by atoms with E-state index in [1.807, 2.05) is 0 Å². The highest BCUT2D eigenvalue weighted by molar-refractivity contribution is 7.89. The fraction of sp³-hybridized carbons (Fsp3) is 0.611. The normalized spacial score (nSPS) is 13.4. The van der Waals surface area contributed by atoms with E-state index in [2.05, 4.69) is 5.32 Å². The first-order valence-corrected chi connectivity index (χ1v) is 9.83. The topological polar surface area (TPSA) is 84.9 Å². The summed E-state index contributed by atoms with van der Waals surface area (Å²) in [5.41, 5.74) is 0.733. The van der Waals surface area contributed by atoms with Crippen LogP contribution in [0.3, 0.4) is 0 Å². The number of sulfonamides is 1. The van der Waals surface area contributed by atoms with Gasteiger partial charge >= 0.3 is 6.09 Å². The predicted octanol–water partition coefficient (Wildman–Crippen LogP) is 2.85. The maximum absolute atomic E-state index is 12.9. The van der Waals surface area contributed by atoms with E-state index < -0.39 is 27.8 Å². The van der Waals surface area contributed by atoms with Crippen LogP contribution in [0.1, 0.15) is 38.8 Å². The number of nitrogens with zero attached hydrogens (tertiary/aromatic N) is 1. The van der Waals surface area contributed by atoms with Crippen molar-refractivity contribution in [3.8, 4) is 5.75 Å². The van der Waals surface area contributed by atoms with Crippen molar-refractivity contribution in [1.29, 1.82) is 0 Å². The summed E-state index contributed by atoms with van der Waals surface area (Å²) in [5.74, 6) is 0.643. The average molecular weight is 387 g/mol. The summed E-state index contributed by atoms with van der Waals surface area (Å²) in [6.45, 7) is 10.7. The second kappa shape index (κ2) is 8.26. The molecule has 1 rings (SSSR count). The van der Waals surface area contributed by atoms with Gasteiger partial charge < -0.3 is 14.8 Å². The summed E-state index contributed by atoms with van der Waals surface area (Å²) < 4.78 is 37.4. The molecule has 0 saturated carbocycles. The molecule has 0 unspecified atom stereocenters. The predicted molar refractivity (Wildman–Crippen MR) is 101 cm³/mol. The maximum Gasteiger partial charge on any atom is 0.407 e. The van der Waals surface area contributed by atoms with E-state index in [0.29, 0.717) is 11.3 Å². The van der Waals surface area contributed by atoms with Crippen LogP contribution in [0, 0.1) is 13.8 Å². The van der Waals surface area contributed by atoms with Crippen LogP contribution in [0.25, 0.3) is 0 Å². The fourth-order valence-electron chi connectivity index (χ4n) is 2.47. The lowest BCUT2D eigenvalue weighted by Crippen LogP contribution is -2.44. The number of carbonyl (C=O) groups excluding carboxylic acids is 1. The quantitative estimate of drug-likeness (QED) is 0.813. The molecule has 0 bridgehead atoms. The zero-order valence-electron chi connectivity index (χ0n) is 16.8. The molecule has 1 amide bonds. The molecule has 1 N–H and O–H groups in total. The van der Waals surface area contributed by atoms with E-state index in [1.165, 1.54) is 11.4 Å². The van der Waals surface area contributed by atoms with E-state index in [9.17, 15) is 13.2 Å². The van der Waals surface area contributed by atoms with Gasteiger partial charge in [-0.3, -0.25) is 0 Å². The number of methoxy groups -OCH3 is 1. The zero-order chi connectivity index (χ0) is 20.3. The number of likely N-dealkylation sites (N-methyl/N-ethyl adjacent to an activating group) is 1. The third kappa shape index (κ3) is 5.88. The Morgan fingerprint density at radius 3 is 2.31 bits per heavy atom. The van der Waals surface area contributed by atoms with Gasteiger partial charge in [0, 0.05) is 19.6 Å². The molecule has 0 aromatic heterocycles. The summed E-state index contributed by atoms with van der Waals surface area (Å²) in [6.07, 6.45) is -0.577. The minimum atomic E-state index is -3.70. The molecule has 0 saturated heterocycles. The Labute approximate surface area is 156 Å². The number of carbonyl (C=O) groups is 1. The molecule has 0 heterocycles. The van der Waals surface area contributed by atoms with Crippen molar-refractivity contribution in [3.63, 3.8) is 0 Å². The van der Waals surface area contributed by atoms with Crippen LogP contribution in [-0.2, 0) is 14.8 Å². The number of hydrogen-bond acceptors (Lipinski definition) is 5. The van der Waals surface area contributed by atoms with Crippen molar-refractivity contribution in [3.05, 3.63) is 23.3 Å². The first kappa shape index (κ1) is 22.2. The van der Waals surface area contributed by atoms with Crippen LogP contribution >= 0.6 is 0 Å². The Hall–Kier alpha value is -1.80. The van der Waals surface area contributed by atoms with Crippen LogP contribution in [0.15, 0.2) is 17.0 Å². The third-order valence-corrected chi connectivity index (χ3v) is 5.64. The van der Waals surface area contributed by atoms with Crippen LogP contribution < -0.4 is 10.1 Å². The number of nitrogens with one attached hydrogen (secondary N) is 1. The summed E-state index contributed by atoms with van der Waals surface area (Å²) in [7, 11) is -0.662. The minimum Gasteiger partial charge on any atom is -0.496 e. The number of alkyl carbamates (subject to hydrolysis) is 1. The van der Waals surface area contributed by atoms with Crippen LogP contribution in [0.4, 0.5) is 4.79 Å². The highest BCUT2D eigenvalue weighted by Crippen LogP contribution is 2.27. The van der Waals surface area contributed by atoms with Crippen molar-refractivity contribution in [1.82, 2.24) is 9.62 Å². The summed E-state index contributed by atoms with van der Waals surface area (Å²) in [6, 6.07) is 2.90. The van der Waals surface area contributed by atoms with E-state index in [4.69, 9.17) is 9.47 Å². The van der Waals surface area contributed by atoms with Gasteiger partial charge in [-0.1, -0.05) is 0 Å². The molecule has 0 aliphatic carbocycles. The van der Waals surface area contributed by atoms with Crippen molar-refractivity contribution < 1.29 is 22.7 Å². The maximum atomic E-state index is 12.9. The van der Waals surface area contributed by atoms with Gasteiger partial charge in [-0.15, -0.1) is 0 Å². The van der Waals surface area contributed by atoms with Crippen LogP contribution in [0.2, 0.25) is 0 Å². The number of aryl methyl sites for hydroxylation is 2. The molecule has 0 radical (unpaired) electrons. The van der Waals surface area contributed by atoms with E-state index in [-0.39, 0.29) is 11.4 Å². The zero-order valence-corrected chi connectivity index (χ0v) is 17.7. The molecule has 8 heteroatoms. The van der Waals surface area contributed by atoms with Gasteiger partial charge in [0.05, 0.1) is 12.0 Å². The Morgan fingerprint density at radius 2 is 1.81 bits per heavy atom. The molecule has 26 heavy (non-hydrogen) atoms. The van der Waals surface area contributed by atoms with Gasteiger partial charge in [0.25, 0.3) is 0 Å². The van der Waals surface area contributed by atoms with Gasteiger partial charge in [0.15, 0.2) is 0 Å². The van der Waals surface area contributed by atoms with Crippen molar-refractivity contribution in [2.75, 3.05) is 20.7 Å². The first-order chi connectivity index (χ1) is 11.8. The Morgan fingerprint density at radius 1 is 1.23 bits per heavy atom. The number of amides is 1. The van der Waals surface area contributed by atoms with Gasteiger partial charge in [0.1, 0.15) is 11.4 Å². The van der Waals surface area contributed by atoms with Gasteiger partial charge in [-0.2, -0.15) is 4.31 Å². The van der Waals surface area contributed by atoms with Gasteiger partial charge in [-0.05, 0) is 64.8 Å². The molecule has 148 valence electrons. The Balaban J connectivity index is 2.90. The third-order valence-electron chi connectivity index (χ3n) is 3.67. The van der Waals surface area contributed by atoms with Gasteiger partial charge in [0.2, 0.25) is 10.0 Å². The number of ether oxygens (including phenoxy) is 2. The van der Waals surface area contributed by atoms with Crippen molar-refractivity contribution in [2.45, 2.75) is 58.1 Å². The van der Waals surface area contributed by atoms with Crippen LogP contribution in [-0.4, -0.2) is 51.2 Å². The fourth-order valence-corrected chi connectivity index (χ4v) is 4.01. The van der Waals surface area contributed by atoms with Crippen molar-refractivity contribution >= 4 is 16.1 Å². The molecular weight excluding hydrogens is 356 g/mol. The smallest absolute Gasteiger partial charge is 0.407 e. The number of hydrogen-bond donors (Lipinski definition) is 1. The minimum absolute atomic E-state index is 0.117. The molecule has 0 aliphatic heterocycles. The van der Waals surface area contributed by atoms with E-state index in [0.717, 1.165) is 5.56 Å². The average Bonchev–Trinajstić information content (AvgIpc) is 2.46. The molecule has 7 nitrogen and oxygen atoms in total. The Bertz CT molecular complexity index is 754. The van der Waals surface area contributed by atoms with E-state index >= 15 is 0 Å². The SMILES string of the molecule is COc1cc(C)c(S(=O)(=O)N(C)C[C@H](C)NC(=O)OC(C)(C)C)cc1C. The summed E-state index contributed by atoms with van der Waals surface area (Å²) in [5, 5.41) is 2.65. The molecule has 1 atom stereocenters. The number of benzene rings is 1. The standard InChI is InChI=1S/C18H30N2O5S/c1-12-10-16(13(2)9-15(12)24-8)26(22,23)20(7)11-14(3)19-17(21)25-18(4,5)6/h9-10,14H,11H2,1-8H3,(H,19,21)/t14-/m0/s1. The lowest BCUT2D eigenvalue weighted by molar-refractivity contribution is 0.0504. The highest BCUT2D eigenvalue weighted by atomic mass is 32.2. The summed E-state index contributed by atoms with van der Waals surface area (Å²) in [4.78, 5) is 12.0. The van der Waals surface area contributed by atoms with Crippen molar-refractivity contribution in [2.24, 2.45) is 0 Å². The molecule has 1 aromatic rings. The largest absolute Gasteiger partial charge is 0.496 e. The summed E-state index contributed by atoms with van der Waals surface area (Å²) >= 11 is 0. The number of rotatable bonds is 6. The molecule has 0 spiro atoms. The van der Waals surface area contributed by atoms with Gasteiger partial charge in [-0.25, -0.2) is 13.2 Å². The lowest BCUT2D eigenvalue weighted by Gasteiger charge is -2.25. The van der Waals surface area contributed by atoms with E-state index in [1.54, 1.807) is 60.8 Å².